The number of anilines is 1. The number of rotatable bonds is 5. The number of aryl methyl sites for hydroxylation is 1. The van der Waals surface area contributed by atoms with Crippen molar-refractivity contribution in [3.8, 4) is 0 Å². The normalized spacial score (nSPS) is 21.7. The van der Waals surface area contributed by atoms with Gasteiger partial charge >= 0.3 is 0 Å². The number of nitrogens with zero attached hydrogens (tertiary/aromatic N) is 1. The monoisotopic (exact) mass is 339 g/mol. The highest BCUT2D eigenvalue weighted by Gasteiger charge is 2.28. The number of carbonyl (C=O) groups is 1. The van der Waals surface area contributed by atoms with Crippen molar-refractivity contribution < 1.29 is 14.3 Å². The summed E-state index contributed by atoms with van der Waals surface area (Å²) >= 11 is 0. The number of allylic oxidation sites excluding steroid dienone is 4. The average Bonchev–Trinajstić information content (AvgIpc) is 2.62. The minimum Gasteiger partial charge on any atom is -0.476 e. The van der Waals surface area contributed by atoms with Crippen molar-refractivity contribution in [3.05, 3.63) is 65.7 Å². The molecule has 3 rings (SSSR count). The highest BCUT2D eigenvalue weighted by molar-refractivity contribution is 5.95. The largest absolute Gasteiger partial charge is 0.476 e. The fourth-order valence-electron chi connectivity index (χ4n) is 2.62. The van der Waals surface area contributed by atoms with Crippen LogP contribution in [0.1, 0.15) is 5.56 Å². The van der Waals surface area contributed by atoms with Gasteiger partial charge in [0.25, 0.3) is 5.91 Å². The fraction of sp³-hybridized carbons (Fsp3) is 0.263. The number of dihydropyridines is 1. The molecule has 0 aromatic heterocycles. The van der Waals surface area contributed by atoms with Crippen molar-refractivity contribution in [2.24, 2.45) is 0 Å². The van der Waals surface area contributed by atoms with Crippen LogP contribution in [0.3, 0.4) is 0 Å². The van der Waals surface area contributed by atoms with E-state index in [1.54, 1.807) is 11.0 Å². The summed E-state index contributed by atoms with van der Waals surface area (Å²) in [6, 6.07) is 7.87. The summed E-state index contributed by atoms with van der Waals surface area (Å²) in [5.41, 5.74) is 2.81. The number of ether oxygens (including phenoxy) is 2. The van der Waals surface area contributed by atoms with Crippen molar-refractivity contribution in [3.63, 3.8) is 0 Å². The lowest BCUT2D eigenvalue weighted by molar-refractivity contribution is -0.131. The van der Waals surface area contributed by atoms with Gasteiger partial charge in [-0.05, 0) is 37.3 Å². The van der Waals surface area contributed by atoms with Crippen LogP contribution in [0, 0.1) is 12.3 Å². The minimum atomic E-state index is -0.206. The Hall–Kier alpha value is -2.86. The second-order valence-corrected chi connectivity index (χ2v) is 5.89. The number of carbonyl (C=O) groups excluding carboxylic acids is 1. The zero-order valence-corrected chi connectivity index (χ0v) is 14.1. The van der Waals surface area contributed by atoms with E-state index < -0.39 is 0 Å². The molecular formula is C19H21N3O3. The molecule has 6 heteroatoms. The van der Waals surface area contributed by atoms with Crippen LogP contribution in [0.2, 0.25) is 0 Å². The lowest BCUT2D eigenvalue weighted by Gasteiger charge is -2.33. The number of hydrogen-bond acceptors (Lipinski definition) is 5. The first-order chi connectivity index (χ1) is 12.2. The molecule has 2 aliphatic heterocycles. The zero-order chi connectivity index (χ0) is 17.6. The minimum absolute atomic E-state index is 0.0470. The van der Waals surface area contributed by atoms with Gasteiger partial charge in [0.1, 0.15) is 19.3 Å². The third-order valence-corrected chi connectivity index (χ3v) is 3.95. The molecule has 2 aliphatic rings. The molecule has 0 saturated carbocycles. The van der Waals surface area contributed by atoms with E-state index in [0.29, 0.717) is 19.0 Å². The second kappa shape index (κ2) is 7.81. The molecule has 2 heterocycles. The molecule has 1 atom stereocenters. The predicted octanol–water partition coefficient (Wildman–Crippen LogP) is 2.28. The van der Waals surface area contributed by atoms with E-state index in [9.17, 15) is 4.79 Å². The van der Waals surface area contributed by atoms with Crippen molar-refractivity contribution >= 4 is 17.8 Å². The Morgan fingerprint density at radius 1 is 1.40 bits per heavy atom. The smallest absolute Gasteiger partial charge is 0.253 e. The number of morpholine rings is 1. The van der Waals surface area contributed by atoms with Crippen molar-refractivity contribution in [1.82, 2.24) is 5.32 Å². The molecule has 1 aromatic rings. The lowest BCUT2D eigenvalue weighted by atomic mass is 10.2. The van der Waals surface area contributed by atoms with Crippen LogP contribution in [0.4, 0.5) is 5.69 Å². The first-order valence-corrected chi connectivity index (χ1v) is 8.13. The molecule has 130 valence electrons. The number of benzene rings is 1. The van der Waals surface area contributed by atoms with Gasteiger partial charge in [0.2, 0.25) is 0 Å². The average molecular weight is 339 g/mol. The zero-order valence-electron chi connectivity index (χ0n) is 14.1. The maximum absolute atomic E-state index is 12.1. The Kier molecular flexibility index (Phi) is 5.30. The summed E-state index contributed by atoms with van der Waals surface area (Å²) in [5, 5.41) is 10.2. The van der Waals surface area contributed by atoms with E-state index in [-0.39, 0.29) is 18.6 Å². The first kappa shape index (κ1) is 17.0. The quantitative estimate of drug-likeness (QED) is 0.807. The van der Waals surface area contributed by atoms with E-state index in [0.717, 1.165) is 16.9 Å². The van der Waals surface area contributed by atoms with Gasteiger partial charge in [-0.25, -0.2) is 0 Å². The van der Waals surface area contributed by atoms with Gasteiger partial charge in [-0.1, -0.05) is 23.8 Å². The Balaban J connectivity index is 1.58. The third kappa shape index (κ3) is 4.36. The number of nitrogens with one attached hydrogen (secondary N) is 2. The van der Waals surface area contributed by atoms with E-state index >= 15 is 0 Å². The van der Waals surface area contributed by atoms with Gasteiger partial charge in [-0.2, -0.15) is 0 Å². The molecule has 0 unspecified atom stereocenters. The molecule has 0 spiro atoms. The molecule has 0 bridgehead atoms. The predicted molar refractivity (Wildman–Crippen MR) is 96.4 cm³/mol. The molecule has 1 amide bonds. The Bertz CT molecular complexity index is 735. The van der Waals surface area contributed by atoms with Crippen LogP contribution in [-0.2, 0) is 14.3 Å². The highest BCUT2D eigenvalue weighted by Crippen LogP contribution is 2.20. The second-order valence-electron chi connectivity index (χ2n) is 5.89. The van der Waals surface area contributed by atoms with E-state index in [4.69, 9.17) is 14.9 Å². The molecule has 6 nitrogen and oxygen atoms in total. The molecule has 25 heavy (non-hydrogen) atoms. The Morgan fingerprint density at radius 3 is 2.96 bits per heavy atom. The highest BCUT2D eigenvalue weighted by atomic mass is 16.5. The molecule has 1 saturated heterocycles. The van der Waals surface area contributed by atoms with Gasteiger partial charge in [0.05, 0.1) is 6.54 Å². The summed E-state index contributed by atoms with van der Waals surface area (Å²) in [6.45, 7) is 2.85. The van der Waals surface area contributed by atoms with Gasteiger partial charge in [0, 0.05) is 17.6 Å². The molecule has 2 N–H and O–H groups in total. The molecule has 0 aliphatic carbocycles. The van der Waals surface area contributed by atoms with Crippen LogP contribution in [-0.4, -0.2) is 38.0 Å². The van der Waals surface area contributed by atoms with Crippen LogP contribution >= 0.6 is 0 Å². The Labute approximate surface area is 146 Å². The van der Waals surface area contributed by atoms with E-state index in [1.807, 2.05) is 49.4 Å². The van der Waals surface area contributed by atoms with Crippen LogP contribution in [0.15, 0.2) is 60.1 Å². The summed E-state index contributed by atoms with van der Waals surface area (Å²) in [5.74, 6) is 0.548. The topological polar surface area (TPSA) is 74.7 Å². The maximum Gasteiger partial charge on any atom is 0.253 e. The molecular weight excluding hydrogens is 318 g/mol. The van der Waals surface area contributed by atoms with E-state index in [1.165, 1.54) is 6.21 Å². The van der Waals surface area contributed by atoms with Crippen molar-refractivity contribution in [2.75, 3.05) is 24.7 Å². The standard InChI is InChI=1S/C19H21N3O3/c1-14-5-7-16(8-6-14)22-11-17(24-13-19(22)23)12-25-18-4-2-3-15(21-18)9-10-20/h2-10,17,20-21H,11-13H2,1H3/b15-9-,20-10?/t17-/m0/s1. The van der Waals surface area contributed by atoms with Crippen LogP contribution in [0.25, 0.3) is 0 Å². The SMILES string of the molecule is Cc1ccc(N2C[C@@H](COC3=CC=C/C(=C/C=N)N3)OCC2=O)cc1. The molecule has 1 aromatic carbocycles. The van der Waals surface area contributed by atoms with Gasteiger partial charge in [-0.3, -0.25) is 4.79 Å². The van der Waals surface area contributed by atoms with Crippen LogP contribution < -0.4 is 10.2 Å². The summed E-state index contributed by atoms with van der Waals surface area (Å²) in [7, 11) is 0. The lowest BCUT2D eigenvalue weighted by Crippen LogP contribution is -2.48. The number of hydrogen-bond donors (Lipinski definition) is 2. The number of amides is 1. The molecule has 1 fully saturated rings. The third-order valence-electron chi connectivity index (χ3n) is 3.95. The van der Waals surface area contributed by atoms with Crippen molar-refractivity contribution in [1.29, 1.82) is 5.41 Å². The Morgan fingerprint density at radius 2 is 2.20 bits per heavy atom. The van der Waals surface area contributed by atoms with Gasteiger partial charge in [0.15, 0.2) is 5.88 Å². The van der Waals surface area contributed by atoms with E-state index in [2.05, 4.69) is 5.32 Å². The fourth-order valence-corrected chi connectivity index (χ4v) is 2.62. The van der Waals surface area contributed by atoms with Crippen LogP contribution in [0.5, 0.6) is 0 Å². The summed E-state index contributed by atoms with van der Waals surface area (Å²) < 4.78 is 11.3. The first-order valence-electron chi connectivity index (χ1n) is 8.13. The van der Waals surface area contributed by atoms with Gasteiger partial charge < -0.3 is 25.1 Å². The van der Waals surface area contributed by atoms with Gasteiger partial charge in [-0.15, -0.1) is 0 Å². The van der Waals surface area contributed by atoms with Crippen molar-refractivity contribution in [2.45, 2.75) is 13.0 Å². The summed E-state index contributed by atoms with van der Waals surface area (Å²) in [4.78, 5) is 13.9. The maximum atomic E-state index is 12.1. The summed E-state index contributed by atoms with van der Waals surface area (Å²) in [6.07, 6.45) is 8.17. The molecule has 0 radical (unpaired) electrons.